The summed E-state index contributed by atoms with van der Waals surface area (Å²) >= 11 is 1.54. The van der Waals surface area contributed by atoms with Crippen molar-refractivity contribution < 1.29 is 14.7 Å². The second-order valence-electron chi connectivity index (χ2n) is 3.36. The van der Waals surface area contributed by atoms with Crippen LogP contribution in [0.2, 0.25) is 0 Å². The van der Waals surface area contributed by atoms with E-state index in [1.807, 2.05) is 6.26 Å². The lowest BCUT2D eigenvalue weighted by Gasteiger charge is -2.13. The molecule has 0 radical (unpaired) electrons. The van der Waals surface area contributed by atoms with Crippen molar-refractivity contribution in [3.8, 4) is 0 Å². The SMILES string of the molecule is CSCC[C@@H](NC(=O)c1ccccn1)C(=O)O. The number of pyridine rings is 1. The molecule has 1 aromatic rings. The van der Waals surface area contributed by atoms with Crippen LogP contribution in [0.3, 0.4) is 0 Å². The van der Waals surface area contributed by atoms with Gasteiger partial charge in [-0.15, -0.1) is 0 Å². The van der Waals surface area contributed by atoms with Crippen LogP contribution in [0.4, 0.5) is 0 Å². The van der Waals surface area contributed by atoms with Crippen LogP contribution >= 0.6 is 11.8 Å². The molecule has 0 aliphatic carbocycles. The highest BCUT2D eigenvalue weighted by atomic mass is 32.2. The molecular weight excluding hydrogens is 240 g/mol. The summed E-state index contributed by atoms with van der Waals surface area (Å²) in [5.41, 5.74) is 0.225. The number of carbonyl (C=O) groups is 2. The summed E-state index contributed by atoms with van der Waals surface area (Å²) in [6.07, 6.45) is 3.78. The number of nitrogens with one attached hydrogen (secondary N) is 1. The number of hydrogen-bond donors (Lipinski definition) is 2. The molecule has 5 nitrogen and oxygen atoms in total. The highest BCUT2D eigenvalue weighted by molar-refractivity contribution is 7.98. The third kappa shape index (κ3) is 4.44. The van der Waals surface area contributed by atoms with E-state index in [-0.39, 0.29) is 5.69 Å². The Morgan fingerprint density at radius 2 is 2.29 bits per heavy atom. The number of carboxylic acids is 1. The van der Waals surface area contributed by atoms with Gasteiger partial charge in [-0.3, -0.25) is 9.78 Å². The summed E-state index contributed by atoms with van der Waals surface area (Å²) in [6, 6.07) is 4.05. The van der Waals surface area contributed by atoms with Crippen molar-refractivity contribution in [3.05, 3.63) is 30.1 Å². The first-order valence-electron chi connectivity index (χ1n) is 5.08. The van der Waals surface area contributed by atoms with E-state index in [1.54, 1.807) is 30.0 Å². The minimum atomic E-state index is -1.02. The van der Waals surface area contributed by atoms with E-state index in [2.05, 4.69) is 10.3 Å². The van der Waals surface area contributed by atoms with E-state index in [0.717, 1.165) is 0 Å². The van der Waals surface area contributed by atoms with E-state index in [0.29, 0.717) is 12.2 Å². The fourth-order valence-corrected chi connectivity index (χ4v) is 1.69. The van der Waals surface area contributed by atoms with Crippen LogP contribution in [0.15, 0.2) is 24.4 Å². The van der Waals surface area contributed by atoms with Crippen molar-refractivity contribution in [2.75, 3.05) is 12.0 Å². The smallest absolute Gasteiger partial charge is 0.326 e. The molecule has 2 N–H and O–H groups in total. The molecule has 1 heterocycles. The maximum absolute atomic E-state index is 11.7. The molecule has 0 fully saturated rings. The largest absolute Gasteiger partial charge is 0.480 e. The van der Waals surface area contributed by atoms with E-state index in [1.165, 1.54) is 6.20 Å². The van der Waals surface area contributed by atoms with Gasteiger partial charge in [0, 0.05) is 6.20 Å². The standard InChI is InChI=1S/C11H14N2O3S/c1-17-7-5-9(11(15)16)13-10(14)8-4-2-3-6-12-8/h2-4,6,9H,5,7H2,1H3,(H,13,14)(H,15,16)/t9-/m1/s1. The normalized spacial score (nSPS) is 11.8. The zero-order chi connectivity index (χ0) is 12.7. The number of thioether (sulfide) groups is 1. The van der Waals surface area contributed by atoms with Gasteiger partial charge in [-0.2, -0.15) is 11.8 Å². The van der Waals surface area contributed by atoms with E-state index in [4.69, 9.17) is 5.11 Å². The maximum atomic E-state index is 11.7. The van der Waals surface area contributed by atoms with Crippen molar-refractivity contribution in [2.45, 2.75) is 12.5 Å². The molecule has 17 heavy (non-hydrogen) atoms. The summed E-state index contributed by atoms with van der Waals surface area (Å²) < 4.78 is 0. The monoisotopic (exact) mass is 254 g/mol. The lowest BCUT2D eigenvalue weighted by Crippen LogP contribution is -2.41. The number of aliphatic carboxylic acids is 1. The molecule has 0 aromatic carbocycles. The minimum absolute atomic E-state index is 0.225. The summed E-state index contributed by atoms with van der Waals surface area (Å²) in [4.78, 5) is 26.5. The predicted octanol–water partition coefficient (Wildman–Crippen LogP) is 1.02. The molecule has 0 spiro atoms. The Kier molecular flexibility index (Phi) is 5.48. The van der Waals surface area contributed by atoms with Crippen molar-refractivity contribution in [1.82, 2.24) is 10.3 Å². The molecule has 0 aliphatic rings. The van der Waals surface area contributed by atoms with Crippen LogP contribution in [0.25, 0.3) is 0 Å². The van der Waals surface area contributed by atoms with Crippen molar-refractivity contribution >= 4 is 23.6 Å². The average Bonchev–Trinajstić information content (AvgIpc) is 2.35. The van der Waals surface area contributed by atoms with E-state index in [9.17, 15) is 9.59 Å². The highest BCUT2D eigenvalue weighted by Crippen LogP contribution is 2.02. The second-order valence-corrected chi connectivity index (χ2v) is 4.35. The molecule has 1 atom stereocenters. The molecule has 0 bridgehead atoms. The molecule has 92 valence electrons. The summed E-state index contributed by atoms with van der Waals surface area (Å²) in [5.74, 6) is -0.804. The molecule has 0 aliphatic heterocycles. The number of carbonyl (C=O) groups excluding carboxylic acids is 1. The Bertz CT molecular complexity index is 384. The van der Waals surface area contributed by atoms with Crippen molar-refractivity contribution in [1.29, 1.82) is 0 Å². The molecule has 0 unspecified atom stereocenters. The van der Waals surface area contributed by atoms with Gasteiger partial charge in [-0.25, -0.2) is 4.79 Å². The second kappa shape index (κ2) is 6.90. The first-order chi connectivity index (χ1) is 8.15. The van der Waals surface area contributed by atoms with Gasteiger partial charge >= 0.3 is 5.97 Å². The van der Waals surface area contributed by atoms with Gasteiger partial charge < -0.3 is 10.4 Å². The number of aromatic nitrogens is 1. The summed E-state index contributed by atoms with van der Waals surface area (Å²) in [5, 5.41) is 11.4. The molecule has 6 heteroatoms. The Morgan fingerprint density at radius 3 is 2.82 bits per heavy atom. The van der Waals surface area contributed by atoms with Crippen molar-refractivity contribution in [3.63, 3.8) is 0 Å². The third-order valence-corrected chi connectivity index (χ3v) is 2.76. The average molecular weight is 254 g/mol. The first kappa shape index (κ1) is 13.5. The van der Waals surface area contributed by atoms with Gasteiger partial charge in [-0.05, 0) is 30.6 Å². The van der Waals surface area contributed by atoms with E-state index < -0.39 is 17.9 Å². The Morgan fingerprint density at radius 1 is 1.53 bits per heavy atom. The Labute approximate surface area is 104 Å². The van der Waals surface area contributed by atoms with Gasteiger partial charge in [0.15, 0.2) is 0 Å². The molecule has 1 aromatic heterocycles. The van der Waals surface area contributed by atoms with Gasteiger partial charge in [0.2, 0.25) is 0 Å². The van der Waals surface area contributed by atoms with Crippen LogP contribution in [0.5, 0.6) is 0 Å². The summed E-state index contributed by atoms with van der Waals surface area (Å²) in [7, 11) is 0. The van der Waals surface area contributed by atoms with Gasteiger partial charge in [0.25, 0.3) is 5.91 Å². The van der Waals surface area contributed by atoms with Crippen molar-refractivity contribution in [2.24, 2.45) is 0 Å². The maximum Gasteiger partial charge on any atom is 0.326 e. The molecular formula is C11H14N2O3S. The quantitative estimate of drug-likeness (QED) is 0.792. The number of hydrogen-bond acceptors (Lipinski definition) is 4. The number of amides is 1. The third-order valence-electron chi connectivity index (χ3n) is 2.11. The minimum Gasteiger partial charge on any atom is -0.480 e. The lowest BCUT2D eigenvalue weighted by molar-refractivity contribution is -0.139. The van der Waals surface area contributed by atoms with Crippen LogP contribution in [-0.4, -0.2) is 40.0 Å². The molecule has 1 amide bonds. The number of carboxylic acid groups (broad SMARTS) is 1. The zero-order valence-corrected chi connectivity index (χ0v) is 10.2. The zero-order valence-electron chi connectivity index (χ0n) is 9.42. The summed E-state index contributed by atoms with van der Waals surface area (Å²) in [6.45, 7) is 0. The van der Waals surface area contributed by atoms with Crippen LogP contribution < -0.4 is 5.32 Å². The first-order valence-corrected chi connectivity index (χ1v) is 6.48. The number of nitrogens with zero attached hydrogens (tertiary/aromatic N) is 1. The van der Waals surface area contributed by atoms with Gasteiger partial charge in [0.05, 0.1) is 0 Å². The Balaban J connectivity index is 2.61. The topological polar surface area (TPSA) is 79.3 Å². The highest BCUT2D eigenvalue weighted by Gasteiger charge is 2.20. The fraction of sp³-hybridized carbons (Fsp3) is 0.364. The van der Waals surface area contributed by atoms with Crippen LogP contribution in [0.1, 0.15) is 16.9 Å². The number of rotatable bonds is 6. The fourth-order valence-electron chi connectivity index (χ4n) is 1.22. The van der Waals surface area contributed by atoms with Gasteiger partial charge in [0.1, 0.15) is 11.7 Å². The van der Waals surface area contributed by atoms with E-state index >= 15 is 0 Å². The molecule has 1 rings (SSSR count). The predicted molar refractivity (Wildman–Crippen MR) is 66.1 cm³/mol. The Hall–Kier alpha value is -1.56. The van der Waals surface area contributed by atoms with Crippen LogP contribution in [0, 0.1) is 0 Å². The van der Waals surface area contributed by atoms with Crippen LogP contribution in [-0.2, 0) is 4.79 Å². The molecule has 0 saturated carbocycles. The lowest BCUT2D eigenvalue weighted by atomic mass is 10.2. The molecule has 0 saturated heterocycles. The van der Waals surface area contributed by atoms with Gasteiger partial charge in [-0.1, -0.05) is 6.07 Å².